The molecule has 0 bridgehead atoms. The first-order valence-corrected chi connectivity index (χ1v) is 4.37. The summed E-state index contributed by atoms with van der Waals surface area (Å²) in [5, 5.41) is 0. The molecule has 0 radical (unpaired) electrons. The summed E-state index contributed by atoms with van der Waals surface area (Å²) < 4.78 is 3.58. The fraction of sp³-hybridized carbons (Fsp3) is 0.875. The largest absolute Gasteiger partial charge is 0.348 e. The Kier molecular flexibility index (Phi) is 7.69. The van der Waals surface area contributed by atoms with Crippen molar-refractivity contribution in [1.29, 1.82) is 0 Å². The van der Waals surface area contributed by atoms with E-state index in [1.165, 1.54) is 45.4 Å². The molecule has 0 aliphatic heterocycles. The highest BCUT2D eigenvalue weighted by Gasteiger charge is 1.95. The van der Waals surface area contributed by atoms with Crippen LogP contribution in [0.15, 0.2) is 0 Å². The van der Waals surface area contributed by atoms with Crippen LogP contribution in [0.25, 0.3) is 0 Å². The standard InChI is InChI=1S/C6H12.C2H3ClO2/c1-2-4-6-5-3-1;1-2(4)5-3/h1-6H2;1H3. The summed E-state index contributed by atoms with van der Waals surface area (Å²) in [6, 6.07) is 0. The predicted octanol–water partition coefficient (Wildman–Crippen LogP) is 3.04. The average molecular weight is 179 g/mol. The summed E-state index contributed by atoms with van der Waals surface area (Å²) in [5.41, 5.74) is 0. The molecule has 1 aliphatic carbocycles. The molecule has 1 rings (SSSR count). The molecular formula is C8H15ClO2. The van der Waals surface area contributed by atoms with Crippen LogP contribution in [0.4, 0.5) is 0 Å². The molecule has 1 saturated carbocycles. The molecule has 1 fully saturated rings. The van der Waals surface area contributed by atoms with E-state index in [4.69, 9.17) is 0 Å². The molecule has 3 heteroatoms. The van der Waals surface area contributed by atoms with Crippen LogP contribution in [0.3, 0.4) is 0 Å². The molecule has 0 amide bonds. The maximum atomic E-state index is 9.46. The topological polar surface area (TPSA) is 26.3 Å². The highest BCUT2D eigenvalue weighted by atomic mass is 35.5. The molecule has 0 spiro atoms. The lowest BCUT2D eigenvalue weighted by atomic mass is 10.0. The van der Waals surface area contributed by atoms with E-state index < -0.39 is 5.97 Å². The van der Waals surface area contributed by atoms with Crippen LogP contribution >= 0.6 is 11.9 Å². The van der Waals surface area contributed by atoms with Crippen LogP contribution < -0.4 is 0 Å². The Morgan fingerprint density at radius 2 is 1.27 bits per heavy atom. The van der Waals surface area contributed by atoms with Crippen LogP contribution in [0, 0.1) is 0 Å². The smallest absolute Gasteiger partial charge is 0.321 e. The number of hydrogen-bond acceptors (Lipinski definition) is 2. The number of halogens is 1. The van der Waals surface area contributed by atoms with Gasteiger partial charge in [-0.15, -0.1) is 0 Å². The minimum atomic E-state index is -0.480. The molecule has 66 valence electrons. The monoisotopic (exact) mass is 178 g/mol. The van der Waals surface area contributed by atoms with E-state index in [0.29, 0.717) is 0 Å². The van der Waals surface area contributed by atoms with Crippen molar-refractivity contribution in [3.8, 4) is 0 Å². The first-order chi connectivity index (χ1) is 5.27. The lowest BCUT2D eigenvalue weighted by Gasteiger charge is -2.05. The van der Waals surface area contributed by atoms with Crippen molar-refractivity contribution in [3.05, 3.63) is 0 Å². The van der Waals surface area contributed by atoms with Gasteiger partial charge in [0.15, 0.2) is 0 Å². The number of carbonyl (C=O) groups is 1. The minimum Gasteiger partial charge on any atom is -0.348 e. The van der Waals surface area contributed by atoms with Crippen molar-refractivity contribution in [3.63, 3.8) is 0 Å². The van der Waals surface area contributed by atoms with E-state index in [9.17, 15) is 4.79 Å². The van der Waals surface area contributed by atoms with Crippen molar-refractivity contribution < 1.29 is 9.08 Å². The molecule has 0 atom stereocenters. The first kappa shape index (κ1) is 10.8. The van der Waals surface area contributed by atoms with Crippen molar-refractivity contribution in [2.24, 2.45) is 0 Å². The summed E-state index contributed by atoms with van der Waals surface area (Å²) in [5.74, 6) is -0.480. The van der Waals surface area contributed by atoms with Crippen molar-refractivity contribution in [2.75, 3.05) is 0 Å². The molecule has 2 nitrogen and oxygen atoms in total. The zero-order chi connectivity index (χ0) is 8.53. The highest BCUT2D eigenvalue weighted by Crippen LogP contribution is 2.15. The van der Waals surface area contributed by atoms with Gasteiger partial charge < -0.3 is 4.29 Å². The molecule has 0 heterocycles. The van der Waals surface area contributed by atoms with Gasteiger partial charge in [0.1, 0.15) is 11.9 Å². The van der Waals surface area contributed by atoms with E-state index in [0.717, 1.165) is 0 Å². The highest BCUT2D eigenvalue weighted by molar-refractivity contribution is 6.12. The Bertz CT molecular complexity index is 88.8. The Hall–Kier alpha value is -0.240. The Balaban J connectivity index is 0.000000187. The zero-order valence-corrected chi connectivity index (χ0v) is 7.69. The van der Waals surface area contributed by atoms with Gasteiger partial charge in [-0.3, -0.25) is 4.79 Å². The maximum absolute atomic E-state index is 9.46. The SMILES string of the molecule is C1CCCCC1.CC(=O)OCl. The summed E-state index contributed by atoms with van der Waals surface area (Å²) in [6.07, 6.45) is 9.00. The van der Waals surface area contributed by atoms with E-state index in [2.05, 4.69) is 16.2 Å². The molecule has 0 saturated heterocycles. The van der Waals surface area contributed by atoms with Crippen LogP contribution in [0.2, 0.25) is 0 Å². The summed E-state index contributed by atoms with van der Waals surface area (Å²) >= 11 is 4.49. The summed E-state index contributed by atoms with van der Waals surface area (Å²) in [4.78, 5) is 9.46. The second kappa shape index (κ2) is 7.86. The van der Waals surface area contributed by atoms with Crippen LogP contribution in [0.1, 0.15) is 45.4 Å². The third-order valence-electron chi connectivity index (χ3n) is 1.61. The lowest BCUT2D eigenvalue weighted by Crippen LogP contribution is -1.85. The molecule has 1 aliphatic rings. The minimum absolute atomic E-state index is 0.480. The molecule has 0 aromatic rings. The number of hydrogen-bond donors (Lipinski definition) is 0. The Morgan fingerprint density at radius 1 is 1.09 bits per heavy atom. The van der Waals surface area contributed by atoms with Gasteiger partial charge in [-0.1, -0.05) is 38.5 Å². The molecule has 0 unspecified atom stereocenters. The lowest BCUT2D eigenvalue weighted by molar-refractivity contribution is -0.131. The van der Waals surface area contributed by atoms with Gasteiger partial charge in [-0.2, -0.15) is 0 Å². The normalized spacial score (nSPS) is 16.2. The molecular weight excluding hydrogens is 164 g/mol. The Labute approximate surface area is 73.0 Å². The van der Waals surface area contributed by atoms with E-state index in [1.807, 2.05) is 0 Å². The van der Waals surface area contributed by atoms with Gasteiger partial charge in [0, 0.05) is 6.92 Å². The van der Waals surface area contributed by atoms with Gasteiger partial charge in [-0.05, 0) is 0 Å². The first-order valence-electron chi connectivity index (χ1n) is 4.06. The van der Waals surface area contributed by atoms with Gasteiger partial charge in [0.25, 0.3) is 0 Å². The van der Waals surface area contributed by atoms with E-state index >= 15 is 0 Å². The second-order valence-electron chi connectivity index (χ2n) is 2.69. The predicted molar refractivity (Wildman–Crippen MR) is 45.3 cm³/mol. The van der Waals surface area contributed by atoms with Crippen molar-refractivity contribution in [1.82, 2.24) is 0 Å². The summed E-state index contributed by atoms with van der Waals surface area (Å²) in [7, 11) is 0. The van der Waals surface area contributed by atoms with E-state index in [1.54, 1.807) is 0 Å². The van der Waals surface area contributed by atoms with Crippen molar-refractivity contribution in [2.45, 2.75) is 45.4 Å². The third kappa shape index (κ3) is 9.76. The van der Waals surface area contributed by atoms with E-state index in [-0.39, 0.29) is 0 Å². The third-order valence-corrected chi connectivity index (χ3v) is 1.83. The maximum Gasteiger partial charge on any atom is 0.321 e. The van der Waals surface area contributed by atoms with Gasteiger partial charge in [-0.25, -0.2) is 0 Å². The molecule has 0 aromatic carbocycles. The number of rotatable bonds is 0. The van der Waals surface area contributed by atoms with Gasteiger partial charge in [0.05, 0.1) is 0 Å². The van der Waals surface area contributed by atoms with Crippen molar-refractivity contribution >= 4 is 17.8 Å². The second-order valence-corrected chi connectivity index (χ2v) is 2.84. The average Bonchev–Trinajstić information content (AvgIpc) is 2.09. The quantitative estimate of drug-likeness (QED) is 0.570. The van der Waals surface area contributed by atoms with Crippen LogP contribution in [-0.2, 0) is 9.08 Å². The summed E-state index contributed by atoms with van der Waals surface area (Å²) in [6.45, 7) is 1.23. The molecule has 0 aromatic heterocycles. The fourth-order valence-corrected chi connectivity index (χ4v) is 1.06. The number of carbonyl (C=O) groups excluding carboxylic acids is 1. The molecule has 11 heavy (non-hydrogen) atoms. The zero-order valence-electron chi connectivity index (χ0n) is 6.94. The Morgan fingerprint density at radius 3 is 1.36 bits per heavy atom. The van der Waals surface area contributed by atoms with Gasteiger partial charge >= 0.3 is 5.97 Å². The molecule has 0 N–H and O–H groups in total. The van der Waals surface area contributed by atoms with Crippen LogP contribution in [-0.4, -0.2) is 5.97 Å². The van der Waals surface area contributed by atoms with Crippen LogP contribution in [0.5, 0.6) is 0 Å². The van der Waals surface area contributed by atoms with Gasteiger partial charge in [0.2, 0.25) is 0 Å². The fourth-order valence-electron chi connectivity index (χ4n) is 1.06.